The van der Waals surface area contributed by atoms with Gasteiger partial charge in [-0.05, 0) is 6.92 Å². The van der Waals surface area contributed by atoms with E-state index in [0.29, 0.717) is 0 Å². The standard InChI is InChI=1S/C7H17N/c1-5-8(4)6-7(2)3/h7H,5-6H2,1-4H3/p+1. The van der Waals surface area contributed by atoms with E-state index in [-0.39, 0.29) is 0 Å². The molecule has 1 atom stereocenters. The van der Waals surface area contributed by atoms with Gasteiger partial charge in [-0.25, -0.2) is 0 Å². The summed E-state index contributed by atoms with van der Waals surface area (Å²) in [5.74, 6) is 0.843. The first kappa shape index (κ1) is 7.96. The summed E-state index contributed by atoms with van der Waals surface area (Å²) in [6, 6.07) is 0. The topological polar surface area (TPSA) is 4.44 Å². The fourth-order valence-corrected chi connectivity index (χ4v) is 0.841. The van der Waals surface area contributed by atoms with Gasteiger partial charge in [0.2, 0.25) is 0 Å². The molecular weight excluding hydrogens is 98.1 g/mol. The van der Waals surface area contributed by atoms with Crippen molar-refractivity contribution in [1.29, 1.82) is 0 Å². The molecule has 8 heavy (non-hydrogen) atoms. The van der Waals surface area contributed by atoms with Crippen molar-refractivity contribution in [3.8, 4) is 0 Å². The molecule has 0 saturated heterocycles. The van der Waals surface area contributed by atoms with Crippen LogP contribution < -0.4 is 4.90 Å². The predicted octanol–water partition coefficient (Wildman–Crippen LogP) is 0.177. The van der Waals surface area contributed by atoms with Crippen molar-refractivity contribution < 1.29 is 4.90 Å². The van der Waals surface area contributed by atoms with Gasteiger partial charge in [-0.15, -0.1) is 0 Å². The van der Waals surface area contributed by atoms with E-state index >= 15 is 0 Å². The second-order valence-electron chi connectivity index (χ2n) is 2.91. The second-order valence-corrected chi connectivity index (χ2v) is 2.91. The number of quaternary nitrogens is 1. The van der Waals surface area contributed by atoms with Gasteiger partial charge in [-0.1, -0.05) is 13.8 Å². The molecule has 1 N–H and O–H groups in total. The minimum absolute atomic E-state index is 0.843. The summed E-state index contributed by atoms with van der Waals surface area (Å²) >= 11 is 0. The van der Waals surface area contributed by atoms with Gasteiger partial charge in [0.15, 0.2) is 0 Å². The molecule has 0 aromatic rings. The van der Waals surface area contributed by atoms with Crippen molar-refractivity contribution >= 4 is 0 Å². The number of nitrogens with one attached hydrogen (secondary N) is 1. The van der Waals surface area contributed by atoms with E-state index in [4.69, 9.17) is 0 Å². The van der Waals surface area contributed by atoms with Crippen LogP contribution in [0, 0.1) is 5.92 Å². The summed E-state index contributed by atoms with van der Waals surface area (Å²) in [6.07, 6.45) is 0. The summed E-state index contributed by atoms with van der Waals surface area (Å²) in [6.45, 7) is 9.30. The highest BCUT2D eigenvalue weighted by atomic mass is 15.1. The highest BCUT2D eigenvalue weighted by Crippen LogP contribution is 1.82. The smallest absolute Gasteiger partial charge is 0.0792 e. The zero-order chi connectivity index (χ0) is 6.57. The summed E-state index contributed by atoms with van der Waals surface area (Å²) in [4.78, 5) is 1.63. The fraction of sp³-hybridized carbons (Fsp3) is 1.00. The van der Waals surface area contributed by atoms with E-state index in [1.807, 2.05) is 0 Å². The van der Waals surface area contributed by atoms with Gasteiger partial charge >= 0.3 is 0 Å². The van der Waals surface area contributed by atoms with Crippen LogP contribution in [0.15, 0.2) is 0 Å². The lowest BCUT2D eigenvalue weighted by molar-refractivity contribution is -0.880. The van der Waals surface area contributed by atoms with Crippen LogP contribution in [-0.2, 0) is 0 Å². The van der Waals surface area contributed by atoms with E-state index < -0.39 is 0 Å². The van der Waals surface area contributed by atoms with Gasteiger partial charge in [0.1, 0.15) is 0 Å². The van der Waals surface area contributed by atoms with Gasteiger partial charge in [-0.2, -0.15) is 0 Å². The molecule has 0 rings (SSSR count). The fourth-order valence-electron chi connectivity index (χ4n) is 0.841. The monoisotopic (exact) mass is 116 g/mol. The molecule has 0 fully saturated rings. The van der Waals surface area contributed by atoms with Gasteiger partial charge < -0.3 is 4.90 Å². The highest BCUT2D eigenvalue weighted by Gasteiger charge is 1.99. The third-order valence-corrected chi connectivity index (χ3v) is 1.36. The first-order chi connectivity index (χ1) is 3.66. The van der Waals surface area contributed by atoms with Crippen molar-refractivity contribution in [3.63, 3.8) is 0 Å². The van der Waals surface area contributed by atoms with E-state index in [2.05, 4.69) is 27.8 Å². The third-order valence-electron chi connectivity index (χ3n) is 1.36. The molecule has 1 nitrogen and oxygen atoms in total. The van der Waals surface area contributed by atoms with Crippen LogP contribution in [0.4, 0.5) is 0 Å². The Labute approximate surface area is 52.7 Å². The van der Waals surface area contributed by atoms with Crippen LogP contribution in [0.3, 0.4) is 0 Å². The molecule has 0 bridgehead atoms. The molecule has 0 aromatic heterocycles. The van der Waals surface area contributed by atoms with Crippen molar-refractivity contribution in [3.05, 3.63) is 0 Å². The van der Waals surface area contributed by atoms with E-state index in [0.717, 1.165) is 5.92 Å². The number of hydrogen-bond donors (Lipinski definition) is 1. The summed E-state index contributed by atoms with van der Waals surface area (Å²) < 4.78 is 0. The molecule has 0 spiro atoms. The summed E-state index contributed by atoms with van der Waals surface area (Å²) in [7, 11) is 2.24. The van der Waals surface area contributed by atoms with Crippen LogP contribution in [0.2, 0.25) is 0 Å². The molecule has 1 heteroatoms. The lowest BCUT2D eigenvalue weighted by Crippen LogP contribution is -3.09. The normalized spacial score (nSPS) is 14.6. The Bertz CT molecular complexity index is 50.3. The van der Waals surface area contributed by atoms with Crippen molar-refractivity contribution in [2.75, 3.05) is 20.1 Å². The van der Waals surface area contributed by atoms with Crippen molar-refractivity contribution in [2.24, 2.45) is 5.92 Å². The molecule has 0 aromatic carbocycles. The molecule has 0 aliphatic heterocycles. The highest BCUT2D eigenvalue weighted by molar-refractivity contribution is 4.34. The number of rotatable bonds is 3. The average Bonchev–Trinajstić information content (AvgIpc) is 1.65. The van der Waals surface area contributed by atoms with E-state index in [9.17, 15) is 0 Å². The van der Waals surface area contributed by atoms with Crippen LogP contribution in [-0.4, -0.2) is 20.1 Å². The Morgan fingerprint density at radius 2 is 1.88 bits per heavy atom. The maximum absolute atomic E-state index is 2.26. The van der Waals surface area contributed by atoms with E-state index in [1.165, 1.54) is 13.1 Å². The Balaban J connectivity index is 3.10. The Hall–Kier alpha value is -0.0400. The Kier molecular flexibility index (Phi) is 3.88. The van der Waals surface area contributed by atoms with Crippen LogP contribution in [0.25, 0.3) is 0 Å². The third kappa shape index (κ3) is 4.13. The zero-order valence-corrected chi connectivity index (χ0v) is 6.49. The largest absolute Gasteiger partial charge is 0.337 e. The molecule has 0 aliphatic rings. The van der Waals surface area contributed by atoms with Crippen LogP contribution >= 0.6 is 0 Å². The minimum atomic E-state index is 0.843. The van der Waals surface area contributed by atoms with Gasteiger partial charge in [0.05, 0.1) is 20.1 Å². The Morgan fingerprint density at radius 3 is 2.00 bits per heavy atom. The van der Waals surface area contributed by atoms with Gasteiger partial charge in [0, 0.05) is 5.92 Å². The maximum Gasteiger partial charge on any atom is 0.0792 e. The van der Waals surface area contributed by atoms with Crippen molar-refractivity contribution in [2.45, 2.75) is 20.8 Å². The Morgan fingerprint density at radius 1 is 1.38 bits per heavy atom. The lowest BCUT2D eigenvalue weighted by atomic mass is 10.2. The molecular formula is C7H18N+. The molecule has 0 heterocycles. The number of hydrogen-bond acceptors (Lipinski definition) is 0. The quantitative estimate of drug-likeness (QED) is 0.536. The first-order valence-corrected chi connectivity index (χ1v) is 3.48. The van der Waals surface area contributed by atoms with Crippen LogP contribution in [0.1, 0.15) is 20.8 Å². The SMILES string of the molecule is CC[NH+](C)CC(C)C. The minimum Gasteiger partial charge on any atom is -0.337 e. The second kappa shape index (κ2) is 3.90. The molecule has 0 amide bonds. The summed E-state index contributed by atoms with van der Waals surface area (Å²) in [5.41, 5.74) is 0. The maximum atomic E-state index is 2.26. The van der Waals surface area contributed by atoms with Crippen molar-refractivity contribution in [1.82, 2.24) is 0 Å². The zero-order valence-electron chi connectivity index (χ0n) is 6.49. The first-order valence-electron chi connectivity index (χ1n) is 3.48. The predicted molar refractivity (Wildman–Crippen MR) is 37.1 cm³/mol. The molecule has 0 radical (unpaired) electrons. The molecule has 50 valence electrons. The van der Waals surface area contributed by atoms with E-state index in [1.54, 1.807) is 4.90 Å². The van der Waals surface area contributed by atoms with Crippen LogP contribution in [0.5, 0.6) is 0 Å². The van der Waals surface area contributed by atoms with Gasteiger partial charge in [0.25, 0.3) is 0 Å². The molecule has 1 unspecified atom stereocenters. The molecule has 0 saturated carbocycles. The lowest BCUT2D eigenvalue weighted by Gasteiger charge is -2.12. The van der Waals surface area contributed by atoms with Gasteiger partial charge in [-0.3, -0.25) is 0 Å². The molecule has 0 aliphatic carbocycles. The summed E-state index contributed by atoms with van der Waals surface area (Å²) in [5, 5.41) is 0. The average molecular weight is 116 g/mol.